The Labute approximate surface area is 228 Å². The number of carbonyl (C=O) groups excluding carboxylic acids is 1. The normalized spacial score (nSPS) is 17.2. The summed E-state index contributed by atoms with van der Waals surface area (Å²) in [5.41, 5.74) is 1.41. The van der Waals surface area contributed by atoms with Gasteiger partial charge in [-0.05, 0) is 70.0 Å². The predicted octanol–water partition coefficient (Wildman–Crippen LogP) is 5.29. The van der Waals surface area contributed by atoms with Gasteiger partial charge in [0.25, 0.3) is 5.56 Å². The summed E-state index contributed by atoms with van der Waals surface area (Å²) in [6.07, 6.45) is 3.91. The Morgan fingerprint density at radius 3 is 2.58 bits per heavy atom. The highest BCUT2D eigenvalue weighted by Gasteiger charge is 2.34. The van der Waals surface area contributed by atoms with Crippen LogP contribution in [0.25, 0.3) is 11.0 Å². The monoisotopic (exact) mass is 550 g/mol. The fourth-order valence-corrected chi connectivity index (χ4v) is 6.16. The molecule has 2 aromatic carbocycles. The maximum Gasteiger partial charge on any atom is 0.257 e. The van der Waals surface area contributed by atoms with E-state index in [0.717, 1.165) is 36.1 Å². The van der Waals surface area contributed by atoms with E-state index in [1.54, 1.807) is 17.6 Å². The number of piperidine rings is 1. The van der Waals surface area contributed by atoms with Gasteiger partial charge < -0.3 is 9.42 Å². The van der Waals surface area contributed by atoms with E-state index in [1.807, 2.05) is 0 Å². The first-order valence-electron chi connectivity index (χ1n) is 13.7. The number of carbonyl (C=O) groups is 1. The van der Waals surface area contributed by atoms with E-state index < -0.39 is 23.3 Å². The molecule has 0 radical (unpaired) electrons. The summed E-state index contributed by atoms with van der Waals surface area (Å²) in [5, 5.41) is 4.98. The molecule has 0 aliphatic carbocycles. The zero-order chi connectivity index (χ0) is 28.0. The van der Waals surface area contributed by atoms with Crippen molar-refractivity contribution in [2.24, 2.45) is 0 Å². The van der Waals surface area contributed by atoms with Gasteiger partial charge in [0.15, 0.2) is 11.4 Å². The largest absolute Gasteiger partial charge is 0.356 e. The lowest BCUT2D eigenvalue weighted by atomic mass is 9.87. The van der Waals surface area contributed by atoms with E-state index in [2.05, 4.69) is 15.0 Å². The number of likely N-dealkylation sites (tertiary alicyclic amines) is 1. The highest BCUT2D eigenvalue weighted by atomic mass is 19.1. The van der Waals surface area contributed by atoms with Crippen LogP contribution >= 0.6 is 0 Å². The first-order valence-corrected chi connectivity index (χ1v) is 13.7. The number of ketones is 1. The molecule has 1 atom stereocenters. The number of nitrogens with zero attached hydrogens (tertiary/aromatic N) is 4. The van der Waals surface area contributed by atoms with Gasteiger partial charge in [0, 0.05) is 48.6 Å². The van der Waals surface area contributed by atoms with E-state index in [0.29, 0.717) is 62.1 Å². The van der Waals surface area contributed by atoms with E-state index in [4.69, 9.17) is 4.52 Å². The lowest BCUT2D eigenvalue weighted by molar-refractivity contribution is 0.0916. The molecule has 6 rings (SSSR count). The summed E-state index contributed by atoms with van der Waals surface area (Å²) in [6, 6.07) is 7.26. The fourth-order valence-electron chi connectivity index (χ4n) is 6.16. The molecule has 1 fully saturated rings. The van der Waals surface area contributed by atoms with E-state index in [9.17, 15) is 22.8 Å². The van der Waals surface area contributed by atoms with Crippen LogP contribution < -0.4 is 5.56 Å². The number of hydrogen-bond donors (Lipinski definition) is 0. The summed E-state index contributed by atoms with van der Waals surface area (Å²) >= 11 is 0. The second-order valence-electron chi connectivity index (χ2n) is 10.8. The molecule has 0 saturated carbocycles. The first kappa shape index (κ1) is 26.4. The number of fused-ring (bicyclic) bond motifs is 2. The van der Waals surface area contributed by atoms with Gasteiger partial charge in [-0.2, -0.15) is 0 Å². The second-order valence-corrected chi connectivity index (χ2v) is 10.8. The zero-order valence-corrected chi connectivity index (χ0v) is 22.1. The maximum absolute atomic E-state index is 14.8. The molecular formula is C30H29F3N4O3. The summed E-state index contributed by atoms with van der Waals surface area (Å²) in [6.45, 7) is 3.66. The number of rotatable bonds is 6. The SMILES string of the molecule is Cc1nc2n(c(=O)c1C(CN1CCC(c3noc4cc(F)ccc34)CC1)C(=O)c1ccc(F)cc1F)CCCC2. The predicted molar refractivity (Wildman–Crippen MR) is 142 cm³/mol. The number of aryl methyl sites for hydroxylation is 2. The van der Waals surface area contributed by atoms with E-state index in [1.165, 1.54) is 12.1 Å². The second kappa shape index (κ2) is 10.6. The van der Waals surface area contributed by atoms with Gasteiger partial charge in [-0.15, -0.1) is 0 Å². The number of halogens is 3. The quantitative estimate of drug-likeness (QED) is 0.304. The number of aromatic nitrogens is 3. The summed E-state index contributed by atoms with van der Waals surface area (Å²) in [5.74, 6) is -2.85. The van der Waals surface area contributed by atoms with E-state index >= 15 is 0 Å². The summed E-state index contributed by atoms with van der Waals surface area (Å²) in [4.78, 5) is 34.3. The van der Waals surface area contributed by atoms with Crippen LogP contribution in [0, 0.1) is 24.4 Å². The van der Waals surface area contributed by atoms with Gasteiger partial charge in [0.1, 0.15) is 23.3 Å². The molecule has 40 heavy (non-hydrogen) atoms. The molecule has 4 aromatic rings. The van der Waals surface area contributed by atoms with Gasteiger partial charge in [0.05, 0.1) is 22.7 Å². The number of Topliss-reactive ketones (excluding diaryl/α,β-unsaturated/α-hetero) is 1. The van der Waals surface area contributed by atoms with Crippen LogP contribution in [-0.4, -0.2) is 45.0 Å². The average Bonchev–Trinajstić information content (AvgIpc) is 3.35. The van der Waals surface area contributed by atoms with Crippen molar-refractivity contribution in [1.82, 2.24) is 19.6 Å². The summed E-state index contributed by atoms with van der Waals surface area (Å²) in [7, 11) is 0. The van der Waals surface area contributed by atoms with Crippen molar-refractivity contribution >= 4 is 16.8 Å². The minimum atomic E-state index is -0.966. The lowest BCUT2D eigenvalue weighted by Crippen LogP contribution is -2.41. The standard InChI is InChI=1S/C30H29F3N4O3/c1-17-27(30(39)37-11-3-2-4-26(37)34-17)23(29(38)21-7-5-19(31)14-24(21)33)16-36-12-9-18(10-13-36)28-22-8-6-20(32)15-25(22)40-35-28/h5-8,14-15,18,23H,2-4,9-13,16H2,1H3. The molecule has 1 saturated heterocycles. The van der Waals surface area contributed by atoms with Crippen molar-refractivity contribution in [2.75, 3.05) is 19.6 Å². The average molecular weight is 551 g/mol. The van der Waals surface area contributed by atoms with Crippen LogP contribution in [0.4, 0.5) is 13.2 Å². The molecular weight excluding hydrogens is 521 g/mol. The molecule has 0 bridgehead atoms. The van der Waals surface area contributed by atoms with Crippen LogP contribution in [0.15, 0.2) is 45.7 Å². The van der Waals surface area contributed by atoms with Crippen LogP contribution in [0.1, 0.15) is 70.7 Å². The Kier molecular flexibility index (Phi) is 7.04. The topological polar surface area (TPSA) is 81.2 Å². The van der Waals surface area contributed by atoms with Crippen LogP contribution in [0.5, 0.6) is 0 Å². The fraction of sp³-hybridized carbons (Fsp3) is 0.400. The molecule has 0 N–H and O–H groups in total. The lowest BCUT2D eigenvalue weighted by Gasteiger charge is -2.34. The molecule has 7 nitrogen and oxygen atoms in total. The first-order chi connectivity index (χ1) is 19.3. The Hall–Kier alpha value is -3.79. The maximum atomic E-state index is 14.8. The van der Waals surface area contributed by atoms with Crippen LogP contribution in [0.3, 0.4) is 0 Å². The highest BCUT2D eigenvalue weighted by molar-refractivity contribution is 6.01. The van der Waals surface area contributed by atoms with E-state index in [-0.39, 0.29) is 35.0 Å². The molecule has 2 aliphatic heterocycles. The van der Waals surface area contributed by atoms with Crippen molar-refractivity contribution in [2.45, 2.75) is 57.4 Å². The Morgan fingerprint density at radius 1 is 1.05 bits per heavy atom. The van der Waals surface area contributed by atoms with Crippen molar-refractivity contribution in [3.63, 3.8) is 0 Å². The van der Waals surface area contributed by atoms with Gasteiger partial charge in [-0.1, -0.05) is 5.16 Å². The Balaban J connectivity index is 1.30. The summed E-state index contributed by atoms with van der Waals surface area (Å²) < 4.78 is 49.0. The van der Waals surface area contributed by atoms with Crippen molar-refractivity contribution in [3.8, 4) is 0 Å². The van der Waals surface area contributed by atoms with Crippen molar-refractivity contribution in [3.05, 3.63) is 92.5 Å². The number of benzene rings is 2. The van der Waals surface area contributed by atoms with Gasteiger partial charge in [-0.3, -0.25) is 14.2 Å². The third-order valence-electron chi connectivity index (χ3n) is 8.24. The van der Waals surface area contributed by atoms with Crippen LogP contribution in [0.2, 0.25) is 0 Å². The zero-order valence-electron chi connectivity index (χ0n) is 22.1. The molecule has 10 heteroatoms. The van der Waals surface area contributed by atoms with Gasteiger partial charge >= 0.3 is 0 Å². The molecule has 0 spiro atoms. The van der Waals surface area contributed by atoms with Gasteiger partial charge in [-0.25, -0.2) is 18.2 Å². The molecule has 2 aliphatic rings. The molecule has 208 valence electrons. The van der Waals surface area contributed by atoms with Gasteiger partial charge in [0.2, 0.25) is 0 Å². The van der Waals surface area contributed by atoms with Crippen molar-refractivity contribution < 1.29 is 22.5 Å². The van der Waals surface area contributed by atoms with Crippen LogP contribution in [-0.2, 0) is 13.0 Å². The highest BCUT2D eigenvalue weighted by Crippen LogP contribution is 2.34. The third-order valence-corrected chi connectivity index (χ3v) is 8.24. The third kappa shape index (κ3) is 4.85. The minimum absolute atomic E-state index is 0.0874. The smallest absolute Gasteiger partial charge is 0.257 e. The molecule has 0 amide bonds. The number of hydrogen-bond acceptors (Lipinski definition) is 6. The van der Waals surface area contributed by atoms with Crippen molar-refractivity contribution in [1.29, 1.82) is 0 Å². The minimum Gasteiger partial charge on any atom is -0.356 e. The molecule has 2 aromatic heterocycles. The Morgan fingerprint density at radius 2 is 1.80 bits per heavy atom. The molecule has 1 unspecified atom stereocenters. The molecule has 4 heterocycles. The Bertz CT molecular complexity index is 1660.